The maximum atomic E-state index is 11.7. The lowest BCUT2D eigenvalue weighted by atomic mass is 9.94. The van der Waals surface area contributed by atoms with Crippen LogP contribution in [0.4, 0.5) is 0 Å². The quantitative estimate of drug-likeness (QED) is 0.394. The lowest BCUT2D eigenvalue weighted by Gasteiger charge is -2.46. The van der Waals surface area contributed by atoms with Gasteiger partial charge in [-0.25, -0.2) is 0 Å². The van der Waals surface area contributed by atoms with Crippen molar-refractivity contribution in [2.24, 2.45) is 0 Å². The van der Waals surface area contributed by atoms with Crippen molar-refractivity contribution in [3.05, 3.63) is 0 Å². The molecular formula is C19H35NO6. The fourth-order valence-corrected chi connectivity index (χ4v) is 3.02. The number of unbranched alkanes of at least 4 members (excludes halogenated alkanes) is 2. The molecule has 7 nitrogen and oxygen atoms in total. The highest BCUT2D eigenvalue weighted by Gasteiger charge is 2.47. The Kier molecular flexibility index (Phi) is 11.7. The second-order valence-electron chi connectivity index (χ2n) is 6.56. The van der Waals surface area contributed by atoms with Gasteiger partial charge in [0.05, 0.1) is 6.10 Å². The molecular weight excluding hydrogens is 338 g/mol. The van der Waals surface area contributed by atoms with Gasteiger partial charge in [0.1, 0.15) is 31.1 Å². The van der Waals surface area contributed by atoms with Crippen LogP contribution >= 0.6 is 0 Å². The van der Waals surface area contributed by atoms with E-state index < -0.39 is 18.4 Å². The van der Waals surface area contributed by atoms with Gasteiger partial charge in [-0.15, -0.1) is 0 Å². The van der Waals surface area contributed by atoms with Crippen molar-refractivity contribution in [3.63, 3.8) is 0 Å². The maximum Gasteiger partial charge on any atom is 0.217 e. The number of aldehydes is 1. The molecule has 1 amide bonds. The Morgan fingerprint density at radius 2 is 1.69 bits per heavy atom. The Hall–Kier alpha value is -1.02. The highest BCUT2D eigenvalue weighted by Crippen LogP contribution is 2.29. The minimum atomic E-state index is -0.627. The fourth-order valence-electron chi connectivity index (χ4n) is 3.02. The number of amides is 1. The monoisotopic (exact) mass is 373 g/mol. The Labute approximate surface area is 157 Å². The normalized spacial score (nSPS) is 28.7. The first kappa shape index (κ1) is 23.0. The van der Waals surface area contributed by atoms with Gasteiger partial charge in [-0.1, -0.05) is 33.6 Å². The van der Waals surface area contributed by atoms with Crippen molar-refractivity contribution in [2.45, 2.75) is 90.4 Å². The Morgan fingerprint density at radius 3 is 2.23 bits per heavy atom. The molecule has 1 N–H and O–H groups in total. The number of hydrogen-bond donors (Lipinski definition) is 1. The van der Waals surface area contributed by atoms with Crippen molar-refractivity contribution in [1.29, 1.82) is 0 Å². The zero-order valence-electron chi connectivity index (χ0n) is 16.6. The number of hydrogen-bond acceptors (Lipinski definition) is 6. The third kappa shape index (κ3) is 7.31. The zero-order valence-corrected chi connectivity index (χ0v) is 16.6. The average Bonchev–Trinajstić information content (AvgIpc) is 2.62. The van der Waals surface area contributed by atoms with E-state index in [1.54, 1.807) is 0 Å². The van der Waals surface area contributed by atoms with Gasteiger partial charge in [-0.2, -0.15) is 0 Å². The van der Waals surface area contributed by atoms with Gasteiger partial charge in [0.15, 0.2) is 6.29 Å². The van der Waals surface area contributed by atoms with Crippen LogP contribution in [0.5, 0.6) is 0 Å². The number of nitrogens with one attached hydrogen (secondary N) is 1. The van der Waals surface area contributed by atoms with Crippen LogP contribution in [0.1, 0.15) is 59.8 Å². The van der Waals surface area contributed by atoms with Gasteiger partial charge in [-0.3, -0.25) is 4.79 Å². The number of carbonyl (C=O) groups excluding carboxylic acids is 2. The van der Waals surface area contributed by atoms with Gasteiger partial charge in [0.25, 0.3) is 0 Å². The van der Waals surface area contributed by atoms with Crippen LogP contribution in [0.15, 0.2) is 0 Å². The predicted molar refractivity (Wildman–Crippen MR) is 97.9 cm³/mol. The molecule has 1 fully saturated rings. The van der Waals surface area contributed by atoms with E-state index in [0.29, 0.717) is 19.5 Å². The molecule has 0 aromatic carbocycles. The molecule has 0 saturated carbocycles. The van der Waals surface area contributed by atoms with E-state index >= 15 is 0 Å². The molecule has 0 radical (unpaired) electrons. The number of carbonyl (C=O) groups is 2. The molecule has 1 saturated heterocycles. The summed E-state index contributed by atoms with van der Waals surface area (Å²) < 4.78 is 23.9. The van der Waals surface area contributed by atoms with Gasteiger partial charge in [-0.05, 0) is 19.3 Å². The van der Waals surface area contributed by atoms with Crippen LogP contribution in [0.2, 0.25) is 0 Å². The van der Waals surface area contributed by atoms with Crippen molar-refractivity contribution in [2.75, 3.05) is 19.8 Å². The van der Waals surface area contributed by atoms with Crippen LogP contribution < -0.4 is 5.32 Å². The lowest BCUT2D eigenvalue weighted by molar-refractivity contribution is -0.279. The molecule has 0 aromatic rings. The summed E-state index contributed by atoms with van der Waals surface area (Å²) in [7, 11) is 0. The van der Waals surface area contributed by atoms with Crippen LogP contribution in [-0.2, 0) is 28.5 Å². The second-order valence-corrected chi connectivity index (χ2v) is 6.56. The van der Waals surface area contributed by atoms with Crippen molar-refractivity contribution < 1.29 is 28.5 Å². The van der Waals surface area contributed by atoms with E-state index in [4.69, 9.17) is 18.9 Å². The smallest absolute Gasteiger partial charge is 0.217 e. The SMILES string of the molecule is CCCCO[C@H]1OC(CC)[C@@H](OCCCC)C(OCC=O)C1NC(C)=O. The van der Waals surface area contributed by atoms with Crippen molar-refractivity contribution in [1.82, 2.24) is 5.32 Å². The molecule has 7 heteroatoms. The Morgan fingerprint density at radius 1 is 1.04 bits per heavy atom. The van der Waals surface area contributed by atoms with E-state index in [9.17, 15) is 9.59 Å². The van der Waals surface area contributed by atoms with Crippen LogP contribution in [0, 0.1) is 0 Å². The van der Waals surface area contributed by atoms with Crippen LogP contribution in [0.3, 0.4) is 0 Å². The second kappa shape index (κ2) is 13.2. The number of rotatable bonds is 13. The highest BCUT2D eigenvalue weighted by molar-refractivity contribution is 5.73. The third-order valence-corrected chi connectivity index (χ3v) is 4.36. The molecule has 0 bridgehead atoms. The predicted octanol–water partition coefficient (Wildman–Crippen LogP) is 2.21. The molecule has 0 aliphatic carbocycles. The summed E-state index contributed by atoms with van der Waals surface area (Å²) in [5, 5.41) is 2.87. The fraction of sp³-hybridized carbons (Fsp3) is 0.895. The van der Waals surface area contributed by atoms with E-state index in [1.165, 1.54) is 6.92 Å². The van der Waals surface area contributed by atoms with Gasteiger partial charge in [0.2, 0.25) is 5.91 Å². The van der Waals surface area contributed by atoms with Crippen molar-refractivity contribution in [3.8, 4) is 0 Å². The minimum absolute atomic E-state index is 0.0630. The third-order valence-electron chi connectivity index (χ3n) is 4.36. The molecule has 1 aliphatic rings. The Bertz CT molecular complexity index is 405. The Balaban J connectivity index is 2.99. The molecule has 1 heterocycles. The van der Waals surface area contributed by atoms with E-state index in [-0.39, 0.29) is 24.7 Å². The van der Waals surface area contributed by atoms with E-state index in [1.807, 2.05) is 6.92 Å². The molecule has 152 valence electrons. The highest BCUT2D eigenvalue weighted by atomic mass is 16.7. The summed E-state index contributed by atoms with van der Waals surface area (Å²) in [6.07, 6.45) is 3.55. The van der Waals surface area contributed by atoms with Gasteiger partial charge >= 0.3 is 0 Å². The van der Waals surface area contributed by atoms with Gasteiger partial charge < -0.3 is 29.1 Å². The molecule has 0 spiro atoms. The molecule has 5 atom stereocenters. The first-order valence-electron chi connectivity index (χ1n) is 9.79. The van der Waals surface area contributed by atoms with E-state index in [0.717, 1.165) is 32.1 Å². The summed E-state index contributed by atoms with van der Waals surface area (Å²) in [5.74, 6) is -0.204. The number of ether oxygens (including phenoxy) is 4. The first-order valence-corrected chi connectivity index (χ1v) is 9.79. The molecule has 0 aromatic heterocycles. The summed E-state index contributed by atoms with van der Waals surface area (Å²) >= 11 is 0. The standard InChI is InChI=1S/C19H35NO6/c1-5-8-11-23-17-15(7-3)26-19(25-12-9-6-2)16(20-14(4)22)18(17)24-13-10-21/h10,15-19H,5-9,11-13H2,1-4H3,(H,20,22)/t15?,16?,17-,18?,19+/m1/s1. The van der Waals surface area contributed by atoms with Crippen LogP contribution in [-0.4, -0.2) is 62.7 Å². The average molecular weight is 373 g/mol. The maximum absolute atomic E-state index is 11.7. The lowest BCUT2D eigenvalue weighted by Crippen LogP contribution is -2.65. The molecule has 26 heavy (non-hydrogen) atoms. The first-order chi connectivity index (χ1) is 12.6. The van der Waals surface area contributed by atoms with Gasteiger partial charge in [0, 0.05) is 20.1 Å². The summed E-state index contributed by atoms with van der Waals surface area (Å²) in [6.45, 7) is 8.69. The minimum Gasteiger partial charge on any atom is -0.373 e. The summed E-state index contributed by atoms with van der Waals surface area (Å²) in [4.78, 5) is 22.6. The molecule has 1 rings (SSSR count). The molecule has 3 unspecified atom stereocenters. The topological polar surface area (TPSA) is 83.1 Å². The molecule has 1 aliphatic heterocycles. The van der Waals surface area contributed by atoms with E-state index in [2.05, 4.69) is 19.2 Å². The van der Waals surface area contributed by atoms with Crippen LogP contribution in [0.25, 0.3) is 0 Å². The summed E-state index contributed by atoms with van der Waals surface area (Å²) in [6, 6.07) is -0.529. The summed E-state index contributed by atoms with van der Waals surface area (Å²) in [5.41, 5.74) is 0. The van der Waals surface area contributed by atoms with Crippen molar-refractivity contribution >= 4 is 12.2 Å². The zero-order chi connectivity index (χ0) is 19.4. The largest absolute Gasteiger partial charge is 0.373 e.